The number of hydrogen-bond acceptors (Lipinski definition) is 4. The summed E-state index contributed by atoms with van der Waals surface area (Å²) in [5.74, 6) is -0.658. The van der Waals surface area contributed by atoms with Crippen molar-refractivity contribution in [2.45, 2.75) is 53.6 Å². The van der Waals surface area contributed by atoms with E-state index in [4.69, 9.17) is 9.47 Å². The van der Waals surface area contributed by atoms with E-state index in [1.165, 1.54) is 0 Å². The average molecular weight is 356 g/mol. The van der Waals surface area contributed by atoms with E-state index in [-0.39, 0.29) is 11.9 Å². The highest BCUT2D eigenvalue weighted by molar-refractivity contribution is 5.97. The largest absolute Gasteiger partial charge is 0.465 e. The van der Waals surface area contributed by atoms with Crippen molar-refractivity contribution in [3.63, 3.8) is 0 Å². The summed E-state index contributed by atoms with van der Waals surface area (Å²) in [6, 6.07) is 7.80. The number of carbonyl (C=O) groups excluding carboxylic acids is 2. The molecule has 0 fully saturated rings. The van der Waals surface area contributed by atoms with Crippen molar-refractivity contribution in [1.29, 1.82) is 0 Å². The van der Waals surface area contributed by atoms with Gasteiger partial charge >= 0.3 is 11.9 Å². The first kappa shape index (κ1) is 20.0. The van der Waals surface area contributed by atoms with E-state index in [1.807, 2.05) is 71.0 Å². The molecule has 0 saturated carbocycles. The molecule has 0 saturated heterocycles. The summed E-state index contributed by atoms with van der Waals surface area (Å²) in [7, 11) is 0. The molecular weight excluding hydrogens is 328 g/mol. The molecule has 1 aromatic carbocycles. The van der Waals surface area contributed by atoms with Crippen LogP contribution in [0.5, 0.6) is 0 Å². The van der Waals surface area contributed by atoms with E-state index >= 15 is 0 Å². The SMILES string of the molecule is CCOC(=O)C(C)(C)C1=Cc2ccccc2C=C(C(=O)OC(C)(C)C)C1. The lowest BCUT2D eigenvalue weighted by Gasteiger charge is -2.27. The topological polar surface area (TPSA) is 52.6 Å². The van der Waals surface area contributed by atoms with Gasteiger partial charge in [-0.1, -0.05) is 30.3 Å². The molecule has 1 aliphatic carbocycles. The van der Waals surface area contributed by atoms with Crippen molar-refractivity contribution in [3.05, 3.63) is 46.5 Å². The summed E-state index contributed by atoms with van der Waals surface area (Å²) in [5, 5.41) is 0. The van der Waals surface area contributed by atoms with E-state index in [1.54, 1.807) is 6.92 Å². The lowest BCUT2D eigenvalue weighted by Crippen LogP contribution is -2.30. The Hall–Kier alpha value is -2.36. The van der Waals surface area contributed by atoms with Crippen LogP contribution in [0, 0.1) is 5.41 Å². The number of rotatable bonds is 4. The third-order valence-electron chi connectivity index (χ3n) is 4.29. The molecule has 0 heterocycles. The van der Waals surface area contributed by atoms with Crippen LogP contribution < -0.4 is 0 Å². The lowest BCUT2D eigenvalue weighted by atomic mass is 9.80. The van der Waals surface area contributed by atoms with Crippen LogP contribution in [0.15, 0.2) is 35.4 Å². The van der Waals surface area contributed by atoms with Crippen molar-refractivity contribution >= 4 is 24.1 Å². The fourth-order valence-electron chi connectivity index (χ4n) is 2.78. The number of ether oxygens (including phenoxy) is 2. The molecule has 1 aromatic rings. The third-order valence-corrected chi connectivity index (χ3v) is 4.29. The lowest BCUT2D eigenvalue weighted by molar-refractivity contribution is -0.152. The Balaban J connectivity index is 2.49. The Morgan fingerprint density at radius 2 is 1.58 bits per heavy atom. The summed E-state index contributed by atoms with van der Waals surface area (Å²) in [4.78, 5) is 25.2. The number of hydrogen-bond donors (Lipinski definition) is 0. The van der Waals surface area contributed by atoms with Gasteiger partial charge in [0.25, 0.3) is 0 Å². The molecule has 0 radical (unpaired) electrons. The monoisotopic (exact) mass is 356 g/mol. The summed E-state index contributed by atoms with van der Waals surface area (Å²) in [6.45, 7) is 11.3. The second-order valence-corrected chi connectivity index (χ2v) is 7.99. The van der Waals surface area contributed by atoms with Gasteiger partial charge in [0.1, 0.15) is 5.60 Å². The third kappa shape index (κ3) is 4.63. The molecule has 0 aromatic heterocycles. The molecule has 0 aliphatic heterocycles. The molecule has 26 heavy (non-hydrogen) atoms. The van der Waals surface area contributed by atoms with Gasteiger partial charge in [-0.05, 0) is 64.3 Å². The van der Waals surface area contributed by atoms with Gasteiger partial charge in [-0.3, -0.25) is 4.79 Å². The normalized spacial score (nSPS) is 14.5. The average Bonchev–Trinajstić information content (AvgIpc) is 2.73. The van der Waals surface area contributed by atoms with Crippen LogP contribution in [0.3, 0.4) is 0 Å². The maximum Gasteiger partial charge on any atom is 0.334 e. The van der Waals surface area contributed by atoms with Crippen molar-refractivity contribution < 1.29 is 19.1 Å². The van der Waals surface area contributed by atoms with Crippen molar-refractivity contribution in [1.82, 2.24) is 0 Å². The van der Waals surface area contributed by atoms with E-state index in [2.05, 4.69) is 0 Å². The van der Waals surface area contributed by atoms with E-state index < -0.39 is 11.0 Å². The maximum absolute atomic E-state index is 12.7. The summed E-state index contributed by atoms with van der Waals surface area (Å²) < 4.78 is 10.8. The number of carbonyl (C=O) groups is 2. The van der Waals surface area contributed by atoms with E-state index in [0.717, 1.165) is 16.7 Å². The minimum atomic E-state index is -0.839. The predicted octanol–water partition coefficient (Wildman–Crippen LogP) is 4.79. The smallest absolute Gasteiger partial charge is 0.334 e. The highest BCUT2D eigenvalue weighted by atomic mass is 16.6. The first-order valence-corrected chi connectivity index (χ1v) is 8.96. The Kier molecular flexibility index (Phi) is 5.74. The van der Waals surface area contributed by atoms with Crippen molar-refractivity contribution in [2.75, 3.05) is 6.61 Å². The molecular formula is C22H28O4. The van der Waals surface area contributed by atoms with Crippen molar-refractivity contribution in [3.8, 4) is 0 Å². The molecule has 2 rings (SSSR count). The standard InChI is InChI=1S/C22H28O4/c1-7-25-20(24)22(5,6)18-13-16-11-9-8-10-15(16)12-17(14-18)19(23)26-21(2,3)4/h8-13H,7,14H2,1-6H3. The highest BCUT2D eigenvalue weighted by Gasteiger charge is 2.36. The summed E-state index contributed by atoms with van der Waals surface area (Å²) >= 11 is 0. The van der Waals surface area contributed by atoms with Crippen LogP contribution >= 0.6 is 0 Å². The maximum atomic E-state index is 12.7. The molecule has 1 aliphatic rings. The molecule has 0 bridgehead atoms. The van der Waals surface area contributed by atoms with E-state index in [9.17, 15) is 9.59 Å². The van der Waals surface area contributed by atoms with Gasteiger partial charge in [0.2, 0.25) is 0 Å². The molecule has 4 nitrogen and oxygen atoms in total. The second-order valence-electron chi connectivity index (χ2n) is 7.99. The molecule has 4 heteroatoms. The first-order valence-electron chi connectivity index (χ1n) is 8.96. The second kappa shape index (κ2) is 7.48. The minimum absolute atomic E-state index is 0.297. The zero-order valence-corrected chi connectivity index (χ0v) is 16.5. The predicted molar refractivity (Wildman–Crippen MR) is 103 cm³/mol. The molecule has 0 spiro atoms. The molecule has 140 valence electrons. The van der Waals surface area contributed by atoms with Crippen LogP contribution in [0.4, 0.5) is 0 Å². The van der Waals surface area contributed by atoms with Gasteiger partial charge < -0.3 is 9.47 Å². The van der Waals surface area contributed by atoms with Gasteiger partial charge in [0, 0.05) is 12.0 Å². The quantitative estimate of drug-likeness (QED) is 0.728. The Morgan fingerprint density at radius 1 is 1.00 bits per heavy atom. The Labute approximate surface area is 155 Å². The minimum Gasteiger partial charge on any atom is -0.465 e. The van der Waals surface area contributed by atoms with Crippen LogP contribution in [0.1, 0.15) is 59.1 Å². The zero-order chi connectivity index (χ0) is 19.5. The number of esters is 2. The summed E-state index contributed by atoms with van der Waals surface area (Å²) in [6.07, 6.45) is 4.18. The fourth-order valence-corrected chi connectivity index (χ4v) is 2.78. The molecule has 0 amide bonds. The van der Waals surface area contributed by atoms with Gasteiger partial charge in [-0.15, -0.1) is 0 Å². The van der Waals surface area contributed by atoms with Crippen LogP contribution in [0.25, 0.3) is 12.2 Å². The van der Waals surface area contributed by atoms with Crippen LogP contribution in [-0.2, 0) is 19.1 Å². The van der Waals surface area contributed by atoms with Crippen molar-refractivity contribution in [2.24, 2.45) is 5.41 Å². The molecule has 0 N–H and O–H groups in total. The highest BCUT2D eigenvalue weighted by Crippen LogP contribution is 2.38. The van der Waals surface area contributed by atoms with Crippen LogP contribution in [0.2, 0.25) is 0 Å². The summed E-state index contributed by atoms with van der Waals surface area (Å²) in [5.41, 5.74) is 1.85. The number of fused-ring (bicyclic) bond motifs is 1. The van der Waals surface area contributed by atoms with Gasteiger partial charge in [0.05, 0.1) is 12.0 Å². The number of benzene rings is 1. The zero-order valence-electron chi connectivity index (χ0n) is 16.5. The molecule has 0 unspecified atom stereocenters. The Morgan fingerprint density at radius 3 is 2.12 bits per heavy atom. The first-order chi connectivity index (χ1) is 12.0. The van der Waals surface area contributed by atoms with Gasteiger partial charge in [0.15, 0.2) is 0 Å². The molecule has 0 atom stereocenters. The van der Waals surface area contributed by atoms with Gasteiger partial charge in [-0.2, -0.15) is 0 Å². The van der Waals surface area contributed by atoms with Crippen LogP contribution in [-0.4, -0.2) is 24.1 Å². The Bertz CT molecular complexity index is 761. The van der Waals surface area contributed by atoms with E-state index in [0.29, 0.717) is 18.6 Å². The van der Waals surface area contributed by atoms with Gasteiger partial charge in [-0.25, -0.2) is 4.79 Å². The fraction of sp³-hybridized carbons (Fsp3) is 0.455.